The maximum Gasteiger partial charge on any atom is 0.573 e. The van der Waals surface area contributed by atoms with Crippen LogP contribution in [0.5, 0.6) is 5.75 Å². The number of hydrogen-bond acceptors (Lipinski definition) is 7. The number of pyridine rings is 1. The fourth-order valence-electron chi connectivity index (χ4n) is 4.07. The second-order valence-corrected chi connectivity index (χ2v) is 13.1. The van der Waals surface area contributed by atoms with E-state index in [0.717, 1.165) is 12.1 Å². The Bertz CT molecular complexity index is 1400. The highest BCUT2D eigenvalue weighted by Gasteiger charge is 2.34. The summed E-state index contributed by atoms with van der Waals surface area (Å²) in [5.74, 6) is -0.682. The third-order valence-electron chi connectivity index (χ3n) is 6.06. The molecular formula is C29H37F3N4O6S. The van der Waals surface area contributed by atoms with Crippen LogP contribution in [0.4, 0.5) is 18.0 Å². The van der Waals surface area contributed by atoms with Crippen molar-refractivity contribution in [3.05, 3.63) is 57.5 Å². The van der Waals surface area contributed by atoms with E-state index in [1.165, 1.54) is 34.7 Å². The van der Waals surface area contributed by atoms with Crippen LogP contribution in [0.15, 0.2) is 40.2 Å². The number of hydrogen-bond donors (Lipinski definition) is 3. The number of carbonyl (C=O) groups is 3. The largest absolute Gasteiger partial charge is 0.573 e. The fraction of sp³-hybridized carbons (Fsp3) is 0.517. The third kappa shape index (κ3) is 9.94. The van der Waals surface area contributed by atoms with E-state index < -0.39 is 46.7 Å². The summed E-state index contributed by atoms with van der Waals surface area (Å²) >= 11 is 1.25. The van der Waals surface area contributed by atoms with Crippen LogP contribution in [-0.4, -0.2) is 53.3 Å². The van der Waals surface area contributed by atoms with E-state index in [1.807, 2.05) is 0 Å². The first kappa shape index (κ1) is 33.8. The zero-order valence-electron chi connectivity index (χ0n) is 24.9. The summed E-state index contributed by atoms with van der Waals surface area (Å²) in [5, 5.41) is 8.34. The molecule has 3 amide bonds. The molecule has 1 aromatic heterocycles. The standard InChI is InChI=1S/C29H37F3N4O6S/c1-27(2,3)25(39)34-13-7-12-33-23(37)19-15-36(14-17-8-10-18(11-9-17)41-29(30,31)32)24(38)21-20(16-43-22(19)21)35-26(40)42-28(4,5)6/h8-11,15,20H,7,12-14,16H2,1-6H3,(H,33,37)(H,34,39)(H,35,40)/t20-/m0/s1. The van der Waals surface area contributed by atoms with Gasteiger partial charge in [-0.05, 0) is 44.9 Å². The van der Waals surface area contributed by atoms with Crippen molar-refractivity contribution >= 4 is 29.7 Å². The molecule has 2 aromatic rings. The number of amides is 3. The molecule has 1 aromatic carbocycles. The topological polar surface area (TPSA) is 128 Å². The Morgan fingerprint density at radius 2 is 1.63 bits per heavy atom. The van der Waals surface area contributed by atoms with Crippen molar-refractivity contribution < 1.29 is 37.0 Å². The van der Waals surface area contributed by atoms with Gasteiger partial charge in [-0.1, -0.05) is 32.9 Å². The third-order valence-corrected chi connectivity index (χ3v) is 7.29. The fourth-order valence-corrected chi connectivity index (χ4v) is 5.34. The summed E-state index contributed by atoms with van der Waals surface area (Å²) < 4.78 is 48.2. The molecular weight excluding hydrogens is 589 g/mol. The highest BCUT2D eigenvalue weighted by molar-refractivity contribution is 7.99. The summed E-state index contributed by atoms with van der Waals surface area (Å²) in [5.41, 5.74) is -0.848. The van der Waals surface area contributed by atoms with Crippen LogP contribution < -0.4 is 26.2 Å². The van der Waals surface area contributed by atoms with Gasteiger partial charge in [0.2, 0.25) is 5.91 Å². The average Bonchev–Trinajstić information content (AvgIpc) is 3.27. The highest BCUT2D eigenvalue weighted by atomic mass is 32.2. The van der Waals surface area contributed by atoms with E-state index in [4.69, 9.17) is 4.74 Å². The first-order valence-corrected chi connectivity index (χ1v) is 14.6. The van der Waals surface area contributed by atoms with Gasteiger partial charge in [-0.15, -0.1) is 24.9 Å². The predicted molar refractivity (Wildman–Crippen MR) is 155 cm³/mol. The molecule has 10 nitrogen and oxygen atoms in total. The molecule has 3 N–H and O–H groups in total. The molecule has 0 saturated heterocycles. The maximum absolute atomic E-state index is 13.6. The predicted octanol–water partition coefficient (Wildman–Crippen LogP) is 4.75. The first-order valence-electron chi connectivity index (χ1n) is 13.6. The Morgan fingerprint density at radius 3 is 2.21 bits per heavy atom. The number of alkyl halides is 3. The van der Waals surface area contributed by atoms with Gasteiger partial charge in [0.25, 0.3) is 11.5 Å². The van der Waals surface area contributed by atoms with Crippen LogP contribution in [0.2, 0.25) is 0 Å². The Hall–Kier alpha value is -3.68. The summed E-state index contributed by atoms with van der Waals surface area (Å²) in [6.07, 6.45) is -3.69. The number of ether oxygens (including phenoxy) is 2. The van der Waals surface area contributed by atoms with Gasteiger partial charge in [0.05, 0.1) is 23.7 Å². The van der Waals surface area contributed by atoms with Crippen molar-refractivity contribution in [2.75, 3.05) is 18.8 Å². The van der Waals surface area contributed by atoms with Gasteiger partial charge in [-0.25, -0.2) is 4.79 Å². The lowest BCUT2D eigenvalue weighted by Crippen LogP contribution is -2.38. The number of nitrogens with one attached hydrogen (secondary N) is 3. The molecule has 236 valence electrons. The number of rotatable bonds is 9. The SMILES string of the molecule is CC(C)(C)OC(=O)N[C@H]1CSc2c(C(=O)NCCCNC(=O)C(C)(C)C)cn(Cc3ccc(OC(F)(F)F)cc3)c(=O)c21. The number of carbonyl (C=O) groups excluding carboxylic acids is 3. The number of benzene rings is 1. The van der Waals surface area contributed by atoms with E-state index in [1.54, 1.807) is 41.5 Å². The van der Waals surface area contributed by atoms with Gasteiger partial charge in [0.1, 0.15) is 11.4 Å². The minimum Gasteiger partial charge on any atom is -0.444 e. The number of alkyl carbamates (subject to hydrolysis) is 1. The molecule has 0 saturated carbocycles. The van der Waals surface area contributed by atoms with Crippen molar-refractivity contribution in [3.63, 3.8) is 0 Å². The Morgan fingerprint density at radius 1 is 1.00 bits per heavy atom. The van der Waals surface area contributed by atoms with E-state index in [0.29, 0.717) is 23.4 Å². The zero-order chi connectivity index (χ0) is 32.2. The van der Waals surface area contributed by atoms with Gasteiger partial charge in [0, 0.05) is 35.3 Å². The number of fused-ring (bicyclic) bond motifs is 1. The van der Waals surface area contributed by atoms with Gasteiger partial charge in [0.15, 0.2) is 0 Å². The zero-order valence-corrected chi connectivity index (χ0v) is 25.8. The van der Waals surface area contributed by atoms with E-state index in [-0.39, 0.29) is 35.9 Å². The number of thioether (sulfide) groups is 1. The normalized spacial score (nSPS) is 15.0. The van der Waals surface area contributed by atoms with Crippen molar-refractivity contribution in [1.82, 2.24) is 20.5 Å². The molecule has 3 rings (SSSR count). The van der Waals surface area contributed by atoms with Crippen LogP contribution in [-0.2, 0) is 16.1 Å². The lowest BCUT2D eigenvalue weighted by molar-refractivity contribution is -0.274. The number of nitrogens with zero attached hydrogens (tertiary/aromatic N) is 1. The van der Waals surface area contributed by atoms with Crippen molar-refractivity contribution in [2.24, 2.45) is 5.41 Å². The molecule has 1 aliphatic heterocycles. The van der Waals surface area contributed by atoms with Gasteiger partial charge in [-0.2, -0.15) is 0 Å². The molecule has 14 heteroatoms. The van der Waals surface area contributed by atoms with Crippen LogP contribution in [0, 0.1) is 5.41 Å². The quantitative estimate of drug-likeness (QED) is 0.343. The molecule has 2 heterocycles. The Kier molecular flexibility index (Phi) is 10.5. The Labute approximate surface area is 252 Å². The molecule has 1 aliphatic rings. The van der Waals surface area contributed by atoms with Gasteiger partial charge < -0.3 is 30.0 Å². The number of halogens is 3. The van der Waals surface area contributed by atoms with E-state index in [2.05, 4.69) is 20.7 Å². The molecule has 1 atom stereocenters. The highest BCUT2D eigenvalue weighted by Crippen LogP contribution is 2.39. The summed E-state index contributed by atoms with van der Waals surface area (Å²) in [6.45, 7) is 11.1. The summed E-state index contributed by atoms with van der Waals surface area (Å²) in [4.78, 5) is 51.9. The molecule has 0 aliphatic carbocycles. The summed E-state index contributed by atoms with van der Waals surface area (Å²) in [7, 11) is 0. The summed E-state index contributed by atoms with van der Waals surface area (Å²) in [6, 6.07) is 4.30. The average molecular weight is 627 g/mol. The molecule has 0 spiro atoms. The molecule has 0 fully saturated rings. The van der Waals surface area contributed by atoms with Crippen molar-refractivity contribution in [3.8, 4) is 5.75 Å². The number of aromatic nitrogens is 1. The minimum atomic E-state index is -4.84. The Balaban J connectivity index is 1.85. The first-order chi connectivity index (χ1) is 19.8. The second kappa shape index (κ2) is 13.3. The van der Waals surface area contributed by atoms with Crippen LogP contribution in [0.1, 0.15) is 75.5 Å². The lowest BCUT2D eigenvalue weighted by Gasteiger charge is -2.22. The molecule has 0 bridgehead atoms. The van der Waals surface area contributed by atoms with Crippen molar-refractivity contribution in [2.45, 2.75) is 77.4 Å². The minimum absolute atomic E-state index is 0.0542. The van der Waals surface area contributed by atoms with E-state index in [9.17, 15) is 32.3 Å². The van der Waals surface area contributed by atoms with Crippen LogP contribution in [0.3, 0.4) is 0 Å². The van der Waals surface area contributed by atoms with Gasteiger partial charge >= 0.3 is 12.5 Å². The monoisotopic (exact) mass is 626 g/mol. The smallest absolute Gasteiger partial charge is 0.444 e. The lowest BCUT2D eigenvalue weighted by atomic mass is 9.96. The van der Waals surface area contributed by atoms with Crippen molar-refractivity contribution in [1.29, 1.82) is 0 Å². The maximum atomic E-state index is 13.6. The van der Waals surface area contributed by atoms with Crippen LogP contribution >= 0.6 is 11.8 Å². The molecule has 0 unspecified atom stereocenters. The second-order valence-electron chi connectivity index (χ2n) is 12.0. The molecule has 0 radical (unpaired) electrons. The molecule has 43 heavy (non-hydrogen) atoms. The van der Waals surface area contributed by atoms with E-state index >= 15 is 0 Å². The van der Waals surface area contributed by atoms with Crippen LogP contribution in [0.25, 0.3) is 0 Å². The van der Waals surface area contributed by atoms with Gasteiger partial charge in [-0.3, -0.25) is 14.4 Å².